The Labute approximate surface area is 187 Å². The van der Waals surface area contributed by atoms with Crippen molar-refractivity contribution in [3.05, 3.63) is 99.6 Å². The molecule has 0 radical (unpaired) electrons. The van der Waals surface area contributed by atoms with Crippen molar-refractivity contribution in [1.29, 1.82) is 0 Å². The molecule has 3 atom stereocenters. The van der Waals surface area contributed by atoms with Gasteiger partial charge in [-0.15, -0.1) is 0 Å². The van der Waals surface area contributed by atoms with Gasteiger partial charge in [0.2, 0.25) is 5.91 Å². The van der Waals surface area contributed by atoms with Gasteiger partial charge in [0.1, 0.15) is 5.92 Å². The molecule has 160 valence electrons. The van der Waals surface area contributed by atoms with Gasteiger partial charge in [-0.1, -0.05) is 48.0 Å². The maximum atomic E-state index is 13.5. The summed E-state index contributed by atoms with van der Waals surface area (Å²) in [5.41, 5.74) is 1.40. The van der Waals surface area contributed by atoms with E-state index in [9.17, 15) is 19.7 Å². The molecule has 2 aliphatic rings. The number of benzene rings is 3. The van der Waals surface area contributed by atoms with Gasteiger partial charge in [-0.25, -0.2) is 9.96 Å². The van der Waals surface area contributed by atoms with Crippen LogP contribution in [0.1, 0.15) is 11.6 Å². The second kappa shape index (κ2) is 7.74. The van der Waals surface area contributed by atoms with Crippen molar-refractivity contribution in [1.82, 2.24) is 0 Å². The van der Waals surface area contributed by atoms with Gasteiger partial charge in [0.25, 0.3) is 11.6 Å². The highest BCUT2D eigenvalue weighted by molar-refractivity contribution is 6.30. The molecule has 0 aromatic heterocycles. The minimum atomic E-state index is -1.05. The van der Waals surface area contributed by atoms with Crippen LogP contribution in [0.3, 0.4) is 0 Å². The largest absolute Gasteiger partial charge is 0.273 e. The van der Waals surface area contributed by atoms with Crippen LogP contribution in [-0.2, 0) is 14.4 Å². The number of nitro groups is 1. The molecule has 3 aromatic carbocycles. The van der Waals surface area contributed by atoms with E-state index in [4.69, 9.17) is 16.4 Å². The number of amides is 2. The number of halogens is 1. The second-order valence-electron chi connectivity index (χ2n) is 7.50. The SMILES string of the molecule is O=C1[C@H]2[C@@H](ON(c3ccccc3)[C@H]2c2ccc(Cl)cc2)C(=O)N1c1cccc([N+](=O)[O-])c1. The number of hydrogen-bond acceptors (Lipinski definition) is 6. The number of imide groups is 1. The highest BCUT2D eigenvalue weighted by Crippen LogP contribution is 2.47. The van der Waals surface area contributed by atoms with Crippen LogP contribution in [-0.4, -0.2) is 22.8 Å². The number of rotatable bonds is 4. The third-order valence-electron chi connectivity index (χ3n) is 5.64. The van der Waals surface area contributed by atoms with Crippen molar-refractivity contribution < 1.29 is 19.3 Å². The zero-order valence-electron chi connectivity index (χ0n) is 16.5. The first kappa shape index (κ1) is 20.2. The molecule has 2 heterocycles. The molecule has 8 nitrogen and oxygen atoms in total. The molecule has 3 aromatic rings. The van der Waals surface area contributed by atoms with E-state index >= 15 is 0 Å². The van der Waals surface area contributed by atoms with Crippen molar-refractivity contribution >= 4 is 40.5 Å². The van der Waals surface area contributed by atoms with E-state index in [1.807, 2.05) is 30.3 Å². The first-order valence-corrected chi connectivity index (χ1v) is 10.2. The minimum Gasteiger partial charge on any atom is -0.273 e. The molecule has 0 spiro atoms. The number of hydrogen-bond donors (Lipinski definition) is 0. The molecule has 0 bridgehead atoms. The summed E-state index contributed by atoms with van der Waals surface area (Å²) < 4.78 is 0. The number of nitro benzene ring substituents is 1. The topological polar surface area (TPSA) is 93.0 Å². The third kappa shape index (κ3) is 3.21. The number of non-ortho nitro benzene ring substituents is 1. The van der Waals surface area contributed by atoms with Crippen LogP contribution in [0, 0.1) is 16.0 Å². The maximum absolute atomic E-state index is 13.5. The fourth-order valence-corrected chi connectivity index (χ4v) is 4.34. The number of nitrogens with zero attached hydrogens (tertiary/aromatic N) is 3. The lowest BCUT2D eigenvalue weighted by Crippen LogP contribution is -2.37. The lowest BCUT2D eigenvalue weighted by molar-refractivity contribution is -0.384. The summed E-state index contributed by atoms with van der Waals surface area (Å²) in [5.74, 6) is -1.86. The van der Waals surface area contributed by atoms with E-state index in [2.05, 4.69) is 0 Å². The van der Waals surface area contributed by atoms with Gasteiger partial charge in [0, 0.05) is 17.2 Å². The Balaban J connectivity index is 1.57. The summed E-state index contributed by atoms with van der Waals surface area (Å²) in [6, 6.07) is 21.1. The smallest absolute Gasteiger partial charge is 0.271 e. The first-order chi connectivity index (χ1) is 15.5. The van der Waals surface area contributed by atoms with Gasteiger partial charge >= 0.3 is 0 Å². The van der Waals surface area contributed by atoms with Gasteiger partial charge in [0.15, 0.2) is 6.10 Å². The Bertz CT molecular complexity index is 1220. The van der Waals surface area contributed by atoms with Crippen LogP contribution in [0.5, 0.6) is 0 Å². The summed E-state index contributed by atoms with van der Waals surface area (Å²) in [6.45, 7) is 0. The zero-order chi connectivity index (χ0) is 22.4. The summed E-state index contributed by atoms with van der Waals surface area (Å²) in [6.07, 6.45) is -1.05. The summed E-state index contributed by atoms with van der Waals surface area (Å²) in [7, 11) is 0. The quantitative estimate of drug-likeness (QED) is 0.335. The van der Waals surface area contributed by atoms with Crippen molar-refractivity contribution in [2.75, 3.05) is 9.96 Å². The molecule has 0 unspecified atom stereocenters. The normalized spacial score (nSPS) is 22.3. The summed E-state index contributed by atoms with van der Waals surface area (Å²) in [5, 5.41) is 13.3. The zero-order valence-corrected chi connectivity index (χ0v) is 17.3. The molecule has 32 heavy (non-hydrogen) atoms. The minimum absolute atomic E-state index is 0.147. The van der Waals surface area contributed by atoms with Gasteiger partial charge < -0.3 is 0 Å². The fourth-order valence-electron chi connectivity index (χ4n) is 4.21. The molecular weight excluding hydrogens is 434 g/mol. The van der Waals surface area contributed by atoms with Crippen molar-refractivity contribution in [2.24, 2.45) is 5.92 Å². The lowest BCUT2D eigenvalue weighted by Gasteiger charge is -2.28. The fraction of sp³-hybridized carbons (Fsp3) is 0.130. The molecule has 2 saturated heterocycles. The summed E-state index contributed by atoms with van der Waals surface area (Å²) in [4.78, 5) is 44.4. The number of carbonyl (C=O) groups is 2. The number of hydroxylamine groups is 1. The lowest BCUT2D eigenvalue weighted by atomic mass is 9.90. The maximum Gasteiger partial charge on any atom is 0.271 e. The van der Waals surface area contributed by atoms with Crippen LogP contribution in [0.4, 0.5) is 17.1 Å². The highest BCUT2D eigenvalue weighted by Gasteiger charge is 2.60. The number of para-hydroxylation sites is 1. The first-order valence-electron chi connectivity index (χ1n) is 9.84. The van der Waals surface area contributed by atoms with E-state index in [0.29, 0.717) is 10.7 Å². The van der Waals surface area contributed by atoms with Crippen LogP contribution < -0.4 is 9.96 Å². The number of carbonyl (C=O) groups excluding carboxylic acids is 2. The number of fused-ring (bicyclic) bond motifs is 1. The average molecular weight is 450 g/mol. The van der Waals surface area contributed by atoms with E-state index in [0.717, 1.165) is 10.5 Å². The molecule has 9 heteroatoms. The molecule has 2 aliphatic heterocycles. The van der Waals surface area contributed by atoms with Crippen molar-refractivity contribution in [3.8, 4) is 0 Å². The van der Waals surface area contributed by atoms with E-state index in [1.165, 1.54) is 24.3 Å². The van der Waals surface area contributed by atoms with Crippen molar-refractivity contribution in [3.63, 3.8) is 0 Å². The molecule has 0 saturated carbocycles. The van der Waals surface area contributed by atoms with Crippen molar-refractivity contribution in [2.45, 2.75) is 12.1 Å². The van der Waals surface area contributed by atoms with Crippen LogP contribution in [0.2, 0.25) is 5.02 Å². The molecule has 5 rings (SSSR count). The summed E-state index contributed by atoms with van der Waals surface area (Å²) >= 11 is 6.05. The Morgan fingerprint density at radius 2 is 1.56 bits per heavy atom. The van der Waals surface area contributed by atoms with Crippen LogP contribution in [0.15, 0.2) is 78.9 Å². The monoisotopic (exact) mass is 449 g/mol. The third-order valence-corrected chi connectivity index (χ3v) is 5.89. The van der Waals surface area contributed by atoms with E-state index in [1.54, 1.807) is 29.3 Å². The molecule has 2 amide bonds. The molecule has 2 fully saturated rings. The molecular formula is C23H16ClN3O5. The average Bonchev–Trinajstić information content (AvgIpc) is 3.31. The second-order valence-corrected chi connectivity index (χ2v) is 7.93. The predicted octanol–water partition coefficient (Wildman–Crippen LogP) is 4.30. The Morgan fingerprint density at radius 3 is 2.25 bits per heavy atom. The molecule has 0 N–H and O–H groups in total. The predicted molar refractivity (Wildman–Crippen MR) is 117 cm³/mol. The van der Waals surface area contributed by atoms with Crippen LogP contribution in [0.25, 0.3) is 0 Å². The van der Waals surface area contributed by atoms with Crippen LogP contribution >= 0.6 is 11.6 Å². The Morgan fingerprint density at radius 1 is 0.875 bits per heavy atom. The standard InChI is InChI=1S/C23H16ClN3O5/c24-15-11-9-14(10-12-15)20-19-21(32-26(20)16-5-2-1-3-6-16)23(29)25(22(19)28)17-7-4-8-18(13-17)27(30)31/h1-13,19-21H/t19-,20+,21-/m1/s1. The Hall–Kier alpha value is -3.75. The molecule has 0 aliphatic carbocycles. The van der Waals surface area contributed by atoms with Gasteiger partial charge in [-0.05, 0) is 35.9 Å². The highest BCUT2D eigenvalue weighted by atomic mass is 35.5. The van der Waals surface area contributed by atoms with Gasteiger partial charge in [-0.3, -0.25) is 24.5 Å². The van der Waals surface area contributed by atoms with Gasteiger partial charge in [0.05, 0.1) is 22.3 Å². The van der Waals surface area contributed by atoms with E-state index < -0.39 is 34.8 Å². The number of anilines is 2. The van der Waals surface area contributed by atoms with Gasteiger partial charge in [-0.2, -0.15) is 0 Å². The van der Waals surface area contributed by atoms with E-state index in [-0.39, 0.29) is 11.4 Å². The Kier molecular flexibility index (Phi) is 4.88.